The summed E-state index contributed by atoms with van der Waals surface area (Å²) in [4.78, 5) is 53.1. The third-order valence-corrected chi connectivity index (χ3v) is 5.61. The summed E-state index contributed by atoms with van der Waals surface area (Å²) in [5.41, 5.74) is 4.37. The third kappa shape index (κ3) is 6.96. The summed E-state index contributed by atoms with van der Waals surface area (Å²) in [5, 5.41) is 0. The van der Waals surface area contributed by atoms with Gasteiger partial charge in [-0.2, -0.15) is 13.2 Å². The number of alkyl halides is 3. The van der Waals surface area contributed by atoms with Crippen LogP contribution in [0, 0.1) is 0 Å². The number of urea groups is 1. The zero-order valence-corrected chi connectivity index (χ0v) is 19.5. The van der Waals surface area contributed by atoms with Gasteiger partial charge in [0.05, 0.1) is 6.54 Å². The van der Waals surface area contributed by atoms with Gasteiger partial charge in [0.25, 0.3) is 5.91 Å². The normalized spacial score (nSPS) is 14.0. The average Bonchev–Trinajstić information content (AvgIpc) is 3.12. The largest absolute Gasteiger partial charge is 0.472 e. The lowest BCUT2D eigenvalue weighted by atomic mass is 10.1. The van der Waals surface area contributed by atoms with Crippen molar-refractivity contribution in [3.05, 3.63) is 65.7 Å². The number of carbonyl (C=O) groups excluding carboxylic acids is 4. The van der Waals surface area contributed by atoms with E-state index >= 15 is 0 Å². The second-order valence-corrected chi connectivity index (χ2v) is 8.15. The van der Waals surface area contributed by atoms with Crippen molar-refractivity contribution in [2.75, 3.05) is 31.1 Å². The van der Waals surface area contributed by atoms with Crippen molar-refractivity contribution in [2.45, 2.75) is 26.1 Å². The standard InChI is InChI=1S/C24H26F3N5O4/c1-17(33)30-12-5-13-31(15-14-30)23(36)32(20-6-3-2-4-7-20)16-18-8-10-19(11-9-18)21(34)28-29-22(35)24(25,26)27/h2-4,6-11H,5,12-16H2,1H3,(H,28,34)(H,29,35). The summed E-state index contributed by atoms with van der Waals surface area (Å²) in [7, 11) is 0. The number of hydrogen-bond acceptors (Lipinski definition) is 4. The van der Waals surface area contributed by atoms with Gasteiger partial charge < -0.3 is 9.80 Å². The Hall–Kier alpha value is -4.09. The van der Waals surface area contributed by atoms with Gasteiger partial charge >= 0.3 is 18.1 Å². The first-order valence-electron chi connectivity index (χ1n) is 11.2. The highest BCUT2D eigenvalue weighted by Gasteiger charge is 2.39. The van der Waals surface area contributed by atoms with Crippen LogP contribution in [0.5, 0.6) is 0 Å². The minimum atomic E-state index is -5.12. The molecule has 12 heteroatoms. The van der Waals surface area contributed by atoms with E-state index in [9.17, 15) is 32.3 Å². The Kier molecular flexibility index (Phi) is 8.51. The number of carbonyl (C=O) groups is 4. The molecule has 36 heavy (non-hydrogen) atoms. The molecule has 2 N–H and O–H groups in total. The number of rotatable bonds is 4. The topological polar surface area (TPSA) is 102 Å². The molecule has 1 fully saturated rings. The Morgan fingerprint density at radius 3 is 2.08 bits per heavy atom. The van der Waals surface area contributed by atoms with Gasteiger partial charge in [-0.25, -0.2) is 4.79 Å². The van der Waals surface area contributed by atoms with Crippen LogP contribution in [0.25, 0.3) is 0 Å². The first kappa shape index (κ1) is 26.5. The zero-order chi connectivity index (χ0) is 26.3. The molecular formula is C24H26F3N5O4. The molecule has 0 radical (unpaired) electrons. The number of nitrogens with zero attached hydrogens (tertiary/aromatic N) is 3. The molecule has 0 aliphatic carbocycles. The number of hydrogen-bond donors (Lipinski definition) is 2. The second kappa shape index (κ2) is 11.6. The Balaban J connectivity index is 1.71. The minimum Gasteiger partial charge on any atom is -0.341 e. The number of halogens is 3. The molecular weight excluding hydrogens is 479 g/mol. The van der Waals surface area contributed by atoms with Gasteiger partial charge in [0, 0.05) is 44.4 Å². The first-order chi connectivity index (χ1) is 17.1. The van der Waals surface area contributed by atoms with E-state index in [1.165, 1.54) is 24.5 Å². The van der Waals surface area contributed by atoms with Crippen LogP contribution in [0.2, 0.25) is 0 Å². The quantitative estimate of drug-likeness (QED) is 0.624. The molecule has 5 amide bonds. The molecule has 9 nitrogen and oxygen atoms in total. The summed E-state index contributed by atoms with van der Waals surface area (Å²) in [6.45, 7) is 3.58. The van der Waals surface area contributed by atoms with Crippen LogP contribution in [-0.4, -0.2) is 65.9 Å². The van der Waals surface area contributed by atoms with Crippen molar-refractivity contribution in [3.63, 3.8) is 0 Å². The third-order valence-electron chi connectivity index (χ3n) is 5.61. The van der Waals surface area contributed by atoms with Gasteiger partial charge in [-0.3, -0.25) is 30.1 Å². The molecule has 1 aliphatic heterocycles. The Morgan fingerprint density at radius 1 is 0.861 bits per heavy atom. The van der Waals surface area contributed by atoms with Crippen LogP contribution in [0.15, 0.2) is 54.6 Å². The van der Waals surface area contributed by atoms with Crippen molar-refractivity contribution in [1.82, 2.24) is 20.7 Å². The Labute approximate surface area is 205 Å². The number of hydrazine groups is 1. The smallest absolute Gasteiger partial charge is 0.341 e. The fourth-order valence-electron chi connectivity index (χ4n) is 3.67. The van der Waals surface area contributed by atoms with E-state index in [2.05, 4.69) is 0 Å². The van der Waals surface area contributed by atoms with Crippen molar-refractivity contribution >= 4 is 29.4 Å². The molecule has 0 unspecified atom stereocenters. The van der Waals surface area contributed by atoms with Crippen LogP contribution in [0.4, 0.5) is 23.7 Å². The fourth-order valence-corrected chi connectivity index (χ4v) is 3.67. The summed E-state index contributed by atoms with van der Waals surface area (Å²) < 4.78 is 36.8. The fraction of sp³-hybridized carbons (Fsp3) is 0.333. The molecule has 1 aliphatic rings. The van der Waals surface area contributed by atoms with Gasteiger partial charge in [0.15, 0.2) is 0 Å². The number of amides is 5. The van der Waals surface area contributed by atoms with E-state index in [-0.39, 0.29) is 24.0 Å². The highest BCUT2D eigenvalue weighted by Crippen LogP contribution is 2.20. The van der Waals surface area contributed by atoms with Gasteiger partial charge in [0.2, 0.25) is 5.91 Å². The van der Waals surface area contributed by atoms with Gasteiger partial charge in [-0.05, 0) is 36.2 Å². The molecule has 1 heterocycles. The first-order valence-corrected chi connectivity index (χ1v) is 11.2. The Bertz CT molecular complexity index is 1090. The molecule has 0 aromatic heterocycles. The average molecular weight is 505 g/mol. The lowest BCUT2D eigenvalue weighted by Crippen LogP contribution is -2.47. The predicted molar refractivity (Wildman–Crippen MR) is 125 cm³/mol. The lowest BCUT2D eigenvalue weighted by Gasteiger charge is -2.30. The molecule has 2 aromatic rings. The lowest BCUT2D eigenvalue weighted by molar-refractivity contribution is -0.174. The van der Waals surface area contributed by atoms with Crippen molar-refractivity contribution in [3.8, 4) is 0 Å². The Morgan fingerprint density at radius 2 is 1.47 bits per heavy atom. The minimum absolute atomic E-state index is 0.0238. The molecule has 0 spiro atoms. The second-order valence-electron chi connectivity index (χ2n) is 8.15. The molecule has 0 saturated carbocycles. The number of para-hydroxylation sites is 1. The van der Waals surface area contributed by atoms with E-state index in [0.29, 0.717) is 43.9 Å². The highest BCUT2D eigenvalue weighted by molar-refractivity contribution is 5.96. The number of benzene rings is 2. The van der Waals surface area contributed by atoms with Gasteiger partial charge in [0.1, 0.15) is 0 Å². The van der Waals surface area contributed by atoms with Crippen LogP contribution in [0.1, 0.15) is 29.3 Å². The van der Waals surface area contributed by atoms with Crippen LogP contribution >= 0.6 is 0 Å². The van der Waals surface area contributed by atoms with Crippen molar-refractivity contribution in [1.29, 1.82) is 0 Å². The van der Waals surface area contributed by atoms with E-state index < -0.39 is 18.0 Å². The van der Waals surface area contributed by atoms with E-state index in [1.807, 2.05) is 6.07 Å². The molecule has 0 atom stereocenters. The molecule has 192 valence electrons. The summed E-state index contributed by atoms with van der Waals surface area (Å²) in [6.07, 6.45) is -4.47. The van der Waals surface area contributed by atoms with Gasteiger partial charge in [-0.15, -0.1) is 0 Å². The van der Waals surface area contributed by atoms with Crippen LogP contribution in [-0.2, 0) is 16.1 Å². The summed E-state index contributed by atoms with van der Waals surface area (Å²) >= 11 is 0. The van der Waals surface area contributed by atoms with E-state index in [1.54, 1.807) is 56.5 Å². The zero-order valence-electron chi connectivity index (χ0n) is 19.5. The van der Waals surface area contributed by atoms with Crippen molar-refractivity contribution < 1.29 is 32.3 Å². The molecule has 0 bridgehead atoms. The summed E-state index contributed by atoms with van der Waals surface area (Å²) in [5.74, 6) is -3.24. The number of nitrogens with one attached hydrogen (secondary N) is 2. The SMILES string of the molecule is CC(=O)N1CCCN(C(=O)N(Cc2ccc(C(=O)NNC(=O)C(F)(F)F)cc2)c2ccccc2)CC1. The highest BCUT2D eigenvalue weighted by atomic mass is 19.4. The maximum Gasteiger partial charge on any atom is 0.472 e. The summed E-state index contributed by atoms with van der Waals surface area (Å²) in [6, 6.07) is 14.7. The van der Waals surface area contributed by atoms with Crippen molar-refractivity contribution in [2.24, 2.45) is 0 Å². The molecule has 1 saturated heterocycles. The van der Waals surface area contributed by atoms with E-state index in [0.717, 1.165) is 0 Å². The monoisotopic (exact) mass is 505 g/mol. The van der Waals surface area contributed by atoms with Crippen LogP contribution < -0.4 is 15.8 Å². The maximum absolute atomic E-state index is 13.5. The van der Waals surface area contributed by atoms with Crippen LogP contribution in [0.3, 0.4) is 0 Å². The van der Waals surface area contributed by atoms with Gasteiger partial charge in [-0.1, -0.05) is 30.3 Å². The molecule has 2 aromatic carbocycles. The number of anilines is 1. The maximum atomic E-state index is 13.5. The van der Waals surface area contributed by atoms with E-state index in [4.69, 9.17) is 0 Å². The molecule has 3 rings (SSSR count). The predicted octanol–water partition coefficient (Wildman–Crippen LogP) is 2.69.